The second kappa shape index (κ2) is 6.93. The van der Waals surface area contributed by atoms with Crippen molar-refractivity contribution in [1.82, 2.24) is 4.31 Å². The topological polar surface area (TPSA) is 84.7 Å². The summed E-state index contributed by atoms with van der Waals surface area (Å²) in [5.41, 5.74) is 1.09. The standard InChI is InChI=1S/C17H21NO5S2/c1-2-4-14-6-8-16(9-7-14)25(21,22)18-11-17(12-18)24(19,20)13-15-5-3-10-23-15/h3,5-10,17H,2,4,11-13H2,1H3. The Morgan fingerprint density at radius 3 is 2.32 bits per heavy atom. The molecule has 0 aliphatic carbocycles. The number of rotatable bonds is 7. The van der Waals surface area contributed by atoms with Gasteiger partial charge in [-0.05, 0) is 36.2 Å². The molecule has 0 atom stereocenters. The van der Waals surface area contributed by atoms with Crippen molar-refractivity contribution >= 4 is 19.9 Å². The molecule has 3 rings (SSSR count). The molecule has 1 fully saturated rings. The minimum Gasteiger partial charge on any atom is -0.468 e. The monoisotopic (exact) mass is 383 g/mol. The molecule has 0 unspecified atom stereocenters. The Kier molecular flexibility index (Phi) is 5.04. The van der Waals surface area contributed by atoms with Crippen molar-refractivity contribution in [3.05, 3.63) is 54.0 Å². The lowest BCUT2D eigenvalue weighted by molar-refractivity contribution is 0.309. The number of furan rings is 1. The third-order valence-electron chi connectivity index (χ3n) is 4.35. The van der Waals surface area contributed by atoms with Gasteiger partial charge in [0.2, 0.25) is 10.0 Å². The fraction of sp³-hybridized carbons (Fsp3) is 0.412. The summed E-state index contributed by atoms with van der Waals surface area (Å²) in [5.74, 6) is 0.164. The number of hydrogen-bond acceptors (Lipinski definition) is 5. The summed E-state index contributed by atoms with van der Waals surface area (Å²) in [4.78, 5) is 0.203. The Hall–Kier alpha value is -1.64. The van der Waals surface area contributed by atoms with E-state index in [1.54, 1.807) is 36.4 Å². The summed E-state index contributed by atoms with van der Waals surface area (Å²) in [6, 6.07) is 10.0. The van der Waals surface area contributed by atoms with Crippen LogP contribution in [0.4, 0.5) is 0 Å². The SMILES string of the molecule is CCCc1ccc(S(=O)(=O)N2CC(S(=O)(=O)Cc3ccco3)C2)cc1. The molecule has 1 aromatic heterocycles. The van der Waals surface area contributed by atoms with Crippen LogP contribution in [0.15, 0.2) is 52.0 Å². The molecule has 8 heteroatoms. The highest BCUT2D eigenvalue weighted by Gasteiger charge is 2.43. The number of nitrogens with zero attached hydrogens (tertiary/aromatic N) is 1. The van der Waals surface area contributed by atoms with Gasteiger partial charge in [-0.25, -0.2) is 16.8 Å². The maximum absolute atomic E-state index is 12.6. The molecule has 1 aliphatic rings. The maximum atomic E-state index is 12.6. The van der Waals surface area contributed by atoms with Crippen molar-refractivity contribution in [2.45, 2.75) is 35.7 Å². The van der Waals surface area contributed by atoms with E-state index in [4.69, 9.17) is 4.42 Å². The third-order valence-corrected chi connectivity index (χ3v) is 8.19. The molecule has 1 aromatic carbocycles. The molecular formula is C17H21NO5S2. The summed E-state index contributed by atoms with van der Waals surface area (Å²) >= 11 is 0. The van der Waals surface area contributed by atoms with E-state index in [0.717, 1.165) is 18.4 Å². The molecule has 6 nitrogen and oxygen atoms in total. The maximum Gasteiger partial charge on any atom is 0.243 e. The Labute approximate surface area is 148 Å². The second-order valence-corrected chi connectivity index (χ2v) is 10.4. The molecule has 0 saturated carbocycles. The van der Waals surface area contributed by atoms with Crippen LogP contribution in [0.3, 0.4) is 0 Å². The van der Waals surface area contributed by atoms with Crippen LogP contribution in [0.5, 0.6) is 0 Å². The Morgan fingerprint density at radius 1 is 1.08 bits per heavy atom. The zero-order chi connectivity index (χ0) is 18.1. The van der Waals surface area contributed by atoms with E-state index in [-0.39, 0.29) is 23.7 Å². The molecule has 0 spiro atoms. The van der Waals surface area contributed by atoms with Crippen LogP contribution >= 0.6 is 0 Å². The molecule has 0 amide bonds. The van der Waals surface area contributed by atoms with Crippen molar-refractivity contribution in [2.24, 2.45) is 0 Å². The predicted octanol–water partition coefficient (Wildman–Crippen LogP) is 2.22. The van der Waals surface area contributed by atoms with Crippen LogP contribution in [0.25, 0.3) is 0 Å². The average molecular weight is 383 g/mol. The minimum absolute atomic E-state index is 0.0118. The van der Waals surface area contributed by atoms with Crippen LogP contribution in [0.1, 0.15) is 24.7 Å². The van der Waals surface area contributed by atoms with Gasteiger partial charge in [-0.3, -0.25) is 0 Å². The van der Waals surface area contributed by atoms with Crippen molar-refractivity contribution in [3.8, 4) is 0 Å². The Balaban J connectivity index is 1.66. The van der Waals surface area contributed by atoms with Crippen LogP contribution in [-0.4, -0.2) is 39.5 Å². The van der Waals surface area contributed by atoms with Gasteiger partial charge in [0.1, 0.15) is 11.5 Å². The first kappa shape index (κ1) is 18.2. The minimum atomic E-state index is -3.64. The number of benzene rings is 1. The van der Waals surface area contributed by atoms with Gasteiger partial charge in [-0.1, -0.05) is 25.5 Å². The molecule has 25 heavy (non-hydrogen) atoms. The van der Waals surface area contributed by atoms with Crippen molar-refractivity contribution in [2.75, 3.05) is 13.1 Å². The van der Waals surface area contributed by atoms with E-state index in [1.807, 2.05) is 0 Å². The van der Waals surface area contributed by atoms with Gasteiger partial charge in [0.25, 0.3) is 0 Å². The Bertz CT molecular complexity index is 910. The van der Waals surface area contributed by atoms with Gasteiger partial charge in [0, 0.05) is 13.1 Å². The van der Waals surface area contributed by atoms with Crippen LogP contribution in [0, 0.1) is 0 Å². The van der Waals surface area contributed by atoms with Gasteiger partial charge in [0.15, 0.2) is 9.84 Å². The van der Waals surface area contributed by atoms with Crippen molar-refractivity contribution in [3.63, 3.8) is 0 Å². The van der Waals surface area contributed by atoms with E-state index < -0.39 is 25.1 Å². The first-order valence-corrected chi connectivity index (χ1v) is 11.3. The van der Waals surface area contributed by atoms with Gasteiger partial charge < -0.3 is 4.42 Å². The van der Waals surface area contributed by atoms with Crippen LogP contribution < -0.4 is 0 Å². The zero-order valence-electron chi connectivity index (χ0n) is 14.0. The lowest BCUT2D eigenvalue weighted by Crippen LogP contribution is -2.56. The fourth-order valence-electron chi connectivity index (χ4n) is 2.80. The third kappa shape index (κ3) is 3.80. The van der Waals surface area contributed by atoms with Crippen molar-refractivity contribution < 1.29 is 21.3 Å². The van der Waals surface area contributed by atoms with E-state index >= 15 is 0 Å². The summed E-state index contributed by atoms with van der Waals surface area (Å²) < 4.78 is 56.1. The fourth-order valence-corrected chi connectivity index (χ4v) is 6.13. The van der Waals surface area contributed by atoms with Crippen LogP contribution in [-0.2, 0) is 32.0 Å². The first-order chi connectivity index (χ1) is 11.8. The molecule has 1 saturated heterocycles. The average Bonchev–Trinajstić information content (AvgIpc) is 2.98. The number of sulfonamides is 1. The van der Waals surface area contributed by atoms with E-state index in [0.29, 0.717) is 5.76 Å². The van der Waals surface area contributed by atoms with Gasteiger partial charge in [-0.15, -0.1) is 0 Å². The predicted molar refractivity (Wildman–Crippen MR) is 94.3 cm³/mol. The highest BCUT2D eigenvalue weighted by Crippen LogP contribution is 2.27. The normalized spacial score (nSPS) is 16.7. The van der Waals surface area contributed by atoms with E-state index in [1.165, 1.54) is 10.6 Å². The smallest absolute Gasteiger partial charge is 0.243 e. The van der Waals surface area contributed by atoms with Gasteiger partial charge >= 0.3 is 0 Å². The number of sulfone groups is 1. The molecule has 0 N–H and O–H groups in total. The summed E-state index contributed by atoms with van der Waals surface area (Å²) in [7, 11) is -7.08. The molecule has 0 bridgehead atoms. The largest absolute Gasteiger partial charge is 0.468 e. The summed E-state index contributed by atoms with van der Waals surface area (Å²) in [6.07, 6.45) is 3.31. The first-order valence-electron chi connectivity index (χ1n) is 8.16. The van der Waals surface area contributed by atoms with Crippen LogP contribution in [0.2, 0.25) is 0 Å². The van der Waals surface area contributed by atoms with Gasteiger partial charge in [0.05, 0.1) is 16.4 Å². The van der Waals surface area contributed by atoms with Crippen molar-refractivity contribution in [1.29, 1.82) is 0 Å². The van der Waals surface area contributed by atoms with E-state index in [2.05, 4.69) is 6.92 Å². The Morgan fingerprint density at radius 2 is 1.76 bits per heavy atom. The zero-order valence-corrected chi connectivity index (χ0v) is 15.6. The van der Waals surface area contributed by atoms with Gasteiger partial charge in [-0.2, -0.15) is 4.31 Å². The lowest BCUT2D eigenvalue weighted by Gasteiger charge is -2.37. The molecule has 2 aromatic rings. The molecule has 1 aliphatic heterocycles. The summed E-state index contributed by atoms with van der Waals surface area (Å²) in [5, 5.41) is -0.688. The highest BCUT2D eigenvalue weighted by molar-refractivity contribution is 7.92. The lowest BCUT2D eigenvalue weighted by atomic mass is 10.1. The number of hydrogen-bond donors (Lipinski definition) is 0. The molecular weight excluding hydrogens is 362 g/mol. The summed E-state index contributed by atoms with van der Waals surface area (Å²) in [6.45, 7) is 2.04. The number of aryl methyl sites for hydroxylation is 1. The molecule has 2 heterocycles. The molecule has 136 valence electrons. The molecule has 0 radical (unpaired) electrons. The van der Waals surface area contributed by atoms with E-state index in [9.17, 15) is 16.8 Å². The highest BCUT2D eigenvalue weighted by atomic mass is 32.2. The quantitative estimate of drug-likeness (QED) is 0.732. The second-order valence-electron chi connectivity index (χ2n) is 6.22.